The van der Waals surface area contributed by atoms with Crippen LogP contribution in [-0.2, 0) is 25.8 Å². The standard InChI is InChI=1S/2C5H5.2ClH.Hf.H3Si/c2*1-2-4-5-3-1;;;;/h2*1-3H,4H2;2*1H;;1H3/q2*-1;;;;. The molecule has 0 aromatic rings. The van der Waals surface area contributed by atoms with Crippen molar-refractivity contribution in [2.75, 3.05) is 0 Å². The molecular formula is C10H15Cl2HfSi-2. The van der Waals surface area contributed by atoms with E-state index in [1.807, 2.05) is 24.3 Å². The van der Waals surface area contributed by atoms with E-state index in [-0.39, 0.29) is 61.6 Å². The van der Waals surface area contributed by atoms with Crippen molar-refractivity contribution in [1.82, 2.24) is 0 Å². The van der Waals surface area contributed by atoms with Gasteiger partial charge in [-0.15, -0.1) is 37.7 Å². The Kier molecular flexibility index (Phi) is 33.1. The summed E-state index contributed by atoms with van der Waals surface area (Å²) in [5, 5.41) is 0. The van der Waals surface area contributed by atoms with Gasteiger partial charge in [0.2, 0.25) is 0 Å². The molecule has 2 aliphatic carbocycles. The van der Waals surface area contributed by atoms with Crippen LogP contribution in [0.5, 0.6) is 0 Å². The van der Waals surface area contributed by atoms with Crippen molar-refractivity contribution >= 4 is 35.8 Å². The predicted octanol–water partition coefficient (Wildman–Crippen LogP) is 2.27. The minimum absolute atomic E-state index is 0. The number of hydrogen-bond donors (Lipinski definition) is 0. The van der Waals surface area contributed by atoms with E-state index in [2.05, 4.69) is 24.3 Å². The van der Waals surface area contributed by atoms with Gasteiger partial charge in [0.05, 0.1) is 0 Å². The molecule has 0 spiro atoms. The minimum atomic E-state index is 0. The Hall–Kier alpha value is 0.627. The van der Waals surface area contributed by atoms with Crippen molar-refractivity contribution in [3.05, 3.63) is 48.6 Å². The first-order valence-electron chi connectivity index (χ1n) is 3.43. The Labute approximate surface area is 122 Å². The number of allylic oxidation sites excluding steroid dienone is 8. The quantitative estimate of drug-likeness (QED) is 0.423. The van der Waals surface area contributed by atoms with Crippen molar-refractivity contribution in [3.63, 3.8) is 0 Å². The van der Waals surface area contributed by atoms with Gasteiger partial charge < -0.3 is 0 Å². The first kappa shape index (κ1) is 24.1. The maximum atomic E-state index is 2.99. The first-order chi connectivity index (χ1) is 5.00. The van der Waals surface area contributed by atoms with E-state index >= 15 is 0 Å². The van der Waals surface area contributed by atoms with Crippen molar-refractivity contribution in [1.29, 1.82) is 0 Å². The summed E-state index contributed by atoms with van der Waals surface area (Å²) in [5.74, 6) is 0. The van der Waals surface area contributed by atoms with Gasteiger partial charge in [-0.25, -0.2) is 24.3 Å². The topological polar surface area (TPSA) is 0 Å². The van der Waals surface area contributed by atoms with Crippen LogP contribution in [0.2, 0.25) is 0 Å². The molecule has 0 heterocycles. The SMILES string of the molecule is Cl.Cl.[C-]1=CC=CC1.[C-]1=CC=CC1.[Hf].[SiH3]. The van der Waals surface area contributed by atoms with Crippen LogP contribution in [0.4, 0.5) is 0 Å². The third kappa shape index (κ3) is 15.1. The zero-order valence-corrected chi connectivity index (χ0v) is 15.4. The van der Waals surface area contributed by atoms with Crippen molar-refractivity contribution < 1.29 is 25.8 Å². The molecule has 2 rings (SSSR count). The van der Waals surface area contributed by atoms with E-state index in [0.717, 1.165) is 12.8 Å². The zero-order valence-electron chi connectivity index (χ0n) is 8.19. The molecule has 0 atom stereocenters. The molecule has 0 bridgehead atoms. The fraction of sp³-hybridized carbons (Fsp3) is 0.200. The van der Waals surface area contributed by atoms with Crippen LogP contribution in [0.15, 0.2) is 36.5 Å². The second-order valence-corrected chi connectivity index (χ2v) is 2.01. The van der Waals surface area contributed by atoms with E-state index < -0.39 is 0 Å². The molecule has 0 aliphatic heterocycles. The van der Waals surface area contributed by atoms with Gasteiger partial charge in [0, 0.05) is 25.8 Å². The summed E-state index contributed by atoms with van der Waals surface area (Å²) in [6.07, 6.45) is 20.0. The van der Waals surface area contributed by atoms with Crippen molar-refractivity contribution in [2.45, 2.75) is 12.8 Å². The minimum Gasteiger partial charge on any atom is -0.273 e. The molecule has 79 valence electrons. The number of halogens is 2. The normalized spacial score (nSPS) is 12.6. The molecule has 0 aromatic heterocycles. The van der Waals surface area contributed by atoms with Gasteiger partial charge in [-0.05, 0) is 11.0 Å². The second kappa shape index (κ2) is 19.2. The average molecular weight is 413 g/mol. The Bertz CT molecular complexity index is 156. The van der Waals surface area contributed by atoms with Crippen LogP contribution in [-0.4, -0.2) is 11.0 Å². The van der Waals surface area contributed by atoms with E-state index in [9.17, 15) is 0 Å². The van der Waals surface area contributed by atoms with E-state index in [1.54, 1.807) is 0 Å². The van der Waals surface area contributed by atoms with E-state index in [1.165, 1.54) is 0 Å². The molecule has 0 amide bonds. The monoisotopic (exact) mass is 413 g/mol. The van der Waals surface area contributed by atoms with E-state index in [4.69, 9.17) is 0 Å². The summed E-state index contributed by atoms with van der Waals surface area (Å²) in [6, 6.07) is 0. The molecule has 0 nitrogen and oxygen atoms in total. The van der Waals surface area contributed by atoms with Crippen LogP contribution in [0.3, 0.4) is 0 Å². The van der Waals surface area contributed by atoms with Crippen LogP contribution < -0.4 is 0 Å². The van der Waals surface area contributed by atoms with Crippen LogP contribution in [0, 0.1) is 12.2 Å². The molecule has 0 N–H and O–H groups in total. The van der Waals surface area contributed by atoms with Gasteiger partial charge in [0.1, 0.15) is 0 Å². The van der Waals surface area contributed by atoms with Crippen molar-refractivity contribution in [3.8, 4) is 0 Å². The predicted molar refractivity (Wildman–Crippen MR) is 67.6 cm³/mol. The fourth-order valence-corrected chi connectivity index (χ4v) is 0.680. The second-order valence-electron chi connectivity index (χ2n) is 2.01. The van der Waals surface area contributed by atoms with Gasteiger partial charge in [0.25, 0.3) is 0 Å². The van der Waals surface area contributed by atoms with Crippen molar-refractivity contribution in [2.24, 2.45) is 0 Å². The third-order valence-corrected chi connectivity index (χ3v) is 1.17. The molecule has 14 heavy (non-hydrogen) atoms. The first-order valence-corrected chi connectivity index (χ1v) is 3.43. The van der Waals surface area contributed by atoms with Gasteiger partial charge in [0.15, 0.2) is 0 Å². The third-order valence-electron chi connectivity index (χ3n) is 1.17. The Morgan fingerprint density at radius 1 is 0.786 bits per heavy atom. The maximum Gasteiger partial charge on any atom is 0 e. The number of hydrogen-bond acceptors (Lipinski definition) is 0. The summed E-state index contributed by atoms with van der Waals surface area (Å²) in [6.45, 7) is 0. The number of rotatable bonds is 0. The van der Waals surface area contributed by atoms with Gasteiger partial charge in [-0.3, -0.25) is 12.2 Å². The van der Waals surface area contributed by atoms with Crippen LogP contribution in [0.25, 0.3) is 0 Å². The smallest absolute Gasteiger partial charge is 0 e. The molecule has 1 radical (unpaired) electrons. The molecule has 0 fully saturated rings. The fourth-order valence-electron chi connectivity index (χ4n) is 0.680. The zero-order chi connectivity index (χ0) is 7.07. The summed E-state index contributed by atoms with van der Waals surface area (Å²) in [5.41, 5.74) is 0. The van der Waals surface area contributed by atoms with Gasteiger partial charge in [-0.2, -0.15) is 12.2 Å². The Balaban J connectivity index is -0.0000000556. The molecule has 4 heteroatoms. The molecule has 2 aliphatic rings. The molecular weight excluding hydrogens is 398 g/mol. The summed E-state index contributed by atoms with van der Waals surface area (Å²) in [4.78, 5) is 0. The van der Waals surface area contributed by atoms with Crippen LogP contribution in [0.1, 0.15) is 12.8 Å². The molecule has 0 saturated carbocycles. The Morgan fingerprint density at radius 3 is 1.21 bits per heavy atom. The summed E-state index contributed by atoms with van der Waals surface area (Å²) < 4.78 is 0. The largest absolute Gasteiger partial charge is 0.273 e. The Morgan fingerprint density at radius 2 is 1.14 bits per heavy atom. The van der Waals surface area contributed by atoms with Gasteiger partial charge >= 0.3 is 0 Å². The molecule has 0 saturated heterocycles. The van der Waals surface area contributed by atoms with E-state index in [0.29, 0.717) is 0 Å². The summed E-state index contributed by atoms with van der Waals surface area (Å²) >= 11 is 0. The maximum absolute atomic E-state index is 2.99. The molecule has 0 unspecified atom stereocenters. The summed E-state index contributed by atoms with van der Waals surface area (Å²) in [7, 11) is 0. The van der Waals surface area contributed by atoms with Gasteiger partial charge in [-0.1, -0.05) is 0 Å². The molecule has 0 aromatic carbocycles. The van der Waals surface area contributed by atoms with Crippen LogP contribution >= 0.6 is 24.8 Å². The average Bonchev–Trinajstić information content (AvgIpc) is 2.67.